The molecule has 1 aromatic heterocycles. The predicted molar refractivity (Wildman–Crippen MR) is 138 cm³/mol. The molecule has 37 heavy (non-hydrogen) atoms. The summed E-state index contributed by atoms with van der Waals surface area (Å²) in [6.45, 7) is 6.69. The van der Waals surface area contributed by atoms with Crippen LogP contribution in [0.15, 0.2) is 29.1 Å². The number of nitrogens with one attached hydrogen (secondary N) is 2. The van der Waals surface area contributed by atoms with Crippen LogP contribution in [0.1, 0.15) is 59.4 Å². The van der Waals surface area contributed by atoms with Gasteiger partial charge < -0.3 is 26.2 Å². The topological polar surface area (TPSA) is 149 Å². The Morgan fingerprint density at radius 3 is 2.65 bits per heavy atom. The summed E-state index contributed by atoms with van der Waals surface area (Å²) < 4.78 is 0. The Hall–Kier alpha value is -3.17. The van der Waals surface area contributed by atoms with Crippen LogP contribution in [0.2, 0.25) is 0 Å². The van der Waals surface area contributed by atoms with Gasteiger partial charge in [-0.1, -0.05) is 19.9 Å². The molecule has 5 rings (SSSR count). The molecule has 0 spiro atoms. The van der Waals surface area contributed by atoms with Gasteiger partial charge in [0.1, 0.15) is 17.4 Å². The lowest BCUT2D eigenvalue weighted by atomic mass is 9.59. The average Bonchev–Trinajstić information content (AvgIpc) is 3.00. The van der Waals surface area contributed by atoms with Crippen LogP contribution in [-0.2, 0) is 23.1 Å². The molecule has 2 heterocycles. The van der Waals surface area contributed by atoms with Gasteiger partial charge in [-0.3, -0.25) is 19.3 Å². The first-order valence-corrected chi connectivity index (χ1v) is 12.9. The zero-order chi connectivity index (χ0) is 26.9. The van der Waals surface area contributed by atoms with Crippen molar-refractivity contribution in [2.75, 3.05) is 13.6 Å². The van der Waals surface area contributed by atoms with Gasteiger partial charge in [-0.05, 0) is 73.5 Å². The Labute approximate surface area is 216 Å². The first-order valence-electron chi connectivity index (χ1n) is 12.9. The van der Waals surface area contributed by atoms with Crippen LogP contribution in [-0.4, -0.2) is 63.2 Å². The fourth-order valence-corrected chi connectivity index (χ4v) is 7.35. The lowest BCUT2D eigenvalue weighted by Crippen LogP contribution is -2.67. The van der Waals surface area contributed by atoms with E-state index in [1.165, 1.54) is 0 Å². The third-order valence-electron chi connectivity index (χ3n) is 8.86. The second-order valence-corrected chi connectivity index (χ2v) is 11.8. The van der Waals surface area contributed by atoms with Crippen molar-refractivity contribution in [2.24, 2.45) is 17.6 Å². The number of phenolic OH excluding ortho intramolecular Hbond substituents is 1. The second-order valence-electron chi connectivity index (χ2n) is 11.8. The van der Waals surface area contributed by atoms with E-state index in [2.05, 4.69) is 15.2 Å². The molecule has 5 atom stereocenters. The number of rotatable bonds is 6. The van der Waals surface area contributed by atoms with Gasteiger partial charge in [0.15, 0.2) is 0 Å². The third-order valence-corrected chi connectivity index (χ3v) is 8.86. The minimum Gasteiger partial charge on any atom is -0.508 e. The van der Waals surface area contributed by atoms with Crippen molar-refractivity contribution in [3.63, 3.8) is 0 Å². The summed E-state index contributed by atoms with van der Waals surface area (Å²) in [7, 11) is 2.00. The number of phenols is 1. The molecule has 3 aliphatic rings. The van der Waals surface area contributed by atoms with E-state index in [1.54, 1.807) is 18.2 Å². The monoisotopic (exact) mass is 508 g/mol. The molecule has 1 aromatic carbocycles. The Morgan fingerprint density at radius 2 is 2.00 bits per heavy atom. The first kappa shape index (κ1) is 25.5. The van der Waals surface area contributed by atoms with E-state index in [4.69, 9.17) is 5.73 Å². The molecule has 1 saturated heterocycles. The number of pyridine rings is 1. The summed E-state index contributed by atoms with van der Waals surface area (Å²) in [6, 6.07) is 5.85. The molecule has 1 aliphatic heterocycles. The van der Waals surface area contributed by atoms with Crippen molar-refractivity contribution in [3.8, 4) is 5.75 Å². The van der Waals surface area contributed by atoms with Crippen molar-refractivity contribution in [2.45, 2.75) is 69.6 Å². The van der Waals surface area contributed by atoms with Crippen molar-refractivity contribution in [1.29, 1.82) is 0 Å². The van der Waals surface area contributed by atoms with Crippen molar-refractivity contribution in [3.05, 3.63) is 62.6 Å². The molecule has 2 fully saturated rings. The van der Waals surface area contributed by atoms with Gasteiger partial charge in [-0.15, -0.1) is 0 Å². The SMILES string of the molecule is Cc1ccc(O)cc1[C@@]12Cc3[nH]c(=O)c(C(=O)N[C@@H](CC(C)C)C(N)=O)cc3C[C@@]1(O)[C@H]1C(CN1C)C2. The number of amides is 2. The first-order chi connectivity index (χ1) is 17.4. The molecule has 0 bridgehead atoms. The predicted octanol–water partition coefficient (Wildman–Crippen LogP) is 1.12. The third kappa shape index (κ3) is 3.87. The smallest absolute Gasteiger partial charge is 0.261 e. The number of aromatic amines is 1. The molecule has 6 N–H and O–H groups in total. The number of hydrogen-bond acceptors (Lipinski definition) is 6. The molecule has 198 valence electrons. The van der Waals surface area contributed by atoms with E-state index >= 15 is 0 Å². The Bertz CT molecular complexity index is 1340. The van der Waals surface area contributed by atoms with E-state index in [0.29, 0.717) is 24.1 Å². The minimum absolute atomic E-state index is 0.0723. The van der Waals surface area contributed by atoms with Crippen LogP contribution in [0.3, 0.4) is 0 Å². The van der Waals surface area contributed by atoms with Gasteiger partial charge in [0.05, 0.1) is 5.60 Å². The van der Waals surface area contributed by atoms with Crippen LogP contribution in [0.25, 0.3) is 0 Å². The van der Waals surface area contributed by atoms with E-state index in [9.17, 15) is 24.6 Å². The maximum absolute atomic E-state index is 13.1. The number of benzene rings is 1. The van der Waals surface area contributed by atoms with Crippen LogP contribution < -0.4 is 16.6 Å². The molecule has 9 heteroatoms. The van der Waals surface area contributed by atoms with Gasteiger partial charge in [-0.2, -0.15) is 0 Å². The van der Waals surface area contributed by atoms with Gasteiger partial charge >= 0.3 is 0 Å². The Balaban J connectivity index is 1.57. The zero-order valence-corrected chi connectivity index (χ0v) is 21.8. The highest BCUT2D eigenvalue weighted by Gasteiger charge is 2.70. The van der Waals surface area contributed by atoms with E-state index < -0.39 is 34.4 Å². The minimum atomic E-state index is -1.16. The fraction of sp³-hybridized carbons (Fsp3) is 0.536. The van der Waals surface area contributed by atoms with Gasteiger partial charge in [0.2, 0.25) is 5.91 Å². The summed E-state index contributed by atoms with van der Waals surface area (Å²) in [5.74, 6) is -0.763. The number of H-pyrrole nitrogens is 1. The number of aromatic hydroxyl groups is 1. The standard InChI is InChI=1S/C28H36N4O5/c1-14(2)7-21(24(29)34)30-25(35)19-8-16-11-28(37)23-17(13-32(23)4)10-27(28,12-22(16)31-26(19)36)20-9-18(33)6-5-15(20)3/h5-6,8-9,14,17,21,23,33,37H,7,10-13H2,1-4H3,(H2,29,34)(H,30,35)(H,31,36)/t17?,21-,23+,27+,28+/m0/s1. The quantitative estimate of drug-likeness (QED) is 0.395. The average molecular weight is 509 g/mol. The lowest BCUT2D eigenvalue weighted by molar-refractivity contribution is -0.120. The molecule has 1 saturated carbocycles. The van der Waals surface area contributed by atoms with Gasteiger partial charge in [0.25, 0.3) is 11.5 Å². The Kier molecular flexibility index (Phi) is 5.99. The largest absolute Gasteiger partial charge is 0.508 e. The van der Waals surface area contributed by atoms with E-state index in [1.807, 2.05) is 33.9 Å². The van der Waals surface area contributed by atoms with E-state index in [0.717, 1.165) is 24.1 Å². The number of aromatic nitrogens is 1. The lowest BCUT2D eigenvalue weighted by Gasteiger charge is -2.53. The van der Waals surface area contributed by atoms with Crippen LogP contribution in [0.4, 0.5) is 0 Å². The van der Waals surface area contributed by atoms with Crippen LogP contribution >= 0.6 is 0 Å². The number of likely N-dealkylation sites (tertiary alicyclic amines) is 1. The number of hydrogen-bond donors (Lipinski definition) is 5. The number of nitrogens with two attached hydrogens (primary N) is 1. The van der Waals surface area contributed by atoms with Crippen LogP contribution in [0.5, 0.6) is 5.75 Å². The van der Waals surface area contributed by atoms with Gasteiger partial charge in [0, 0.05) is 36.5 Å². The molecular formula is C28H36N4O5. The molecule has 2 amide bonds. The summed E-state index contributed by atoms with van der Waals surface area (Å²) in [5.41, 5.74) is 6.25. The number of carbonyl (C=O) groups is 2. The van der Waals surface area contributed by atoms with Crippen molar-refractivity contribution < 1.29 is 19.8 Å². The Morgan fingerprint density at radius 1 is 1.27 bits per heavy atom. The number of aliphatic hydroxyl groups is 1. The number of primary amides is 1. The molecular weight excluding hydrogens is 472 g/mol. The van der Waals surface area contributed by atoms with Gasteiger partial charge in [-0.25, -0.2) is 0 Å². The highest BCUT2D eigenvalue weighted by Crippen LogP contribution is 2.61. The zero-order valence-electron chi connectivity index (χ0n) is 21.8. The molecule has 2 aromatic rings. The highest BCUT2D eigenvalue weighted by atomic mass is 16.3. The summed E-state index contributed by atoms with van der Waals surface area (Å²) in [6.07, 6.45) is 1.75. The molecule has 2 aliphatic carbocycles. The highest BCUT2D eigenvalue weighted by molar-refractivity contribution is 5.97. The molecule has 1 unspecified atom stereocenters. The number of likely N-dealkylation sites (N-methyl/N-ethyl adjacent to an activating group) is 1. The van der Waals surface area contributed by atoms with Crippen molar-refractivity contribution >= 4 is 11.8 Å². The molecule has 0 radical (unpaired) electrons. The number of carbonyl (C=O) groups excluding carboxylic acids is 2. The van der Waals surface area contributed by atoms with E-state index in [-0.39, 0.29) is 35.6 Å². The summed E-state index contributed by atoms with van der Waals surface area (Å²) >= 11 is 0. The number of fused-ring (bicyclic) bond motifs is 4. The second kappa shape index (κ2) is 8.70. The normalized spacial score (nSPS) is 29.1. The maximum atomic E-state index is 13.1. The fourth-order valence-electron chi connectivity index (χ4n) is 7.35. The number of aryl methyl sites for hydroxylation is 1. The summed E-state index contributed by atoms with van der Waals surface area (Å²) in [5, 5.41) is 25.4. The van der Waals surface area contributed by atoms with Crippen molar-refractivity contribution in [1.82, 2.24) is 15.2 Å². The van der Waals surface area contributed by atoms with Crippen LogP contribution in [0, 0.1) is 18.8 Å². The molecule has 9 nitrogen and oxygen atoms in total. The number of nitrogens with zero attached hydrogens (tertiary/aromatic N) is 1. The summed E-state index contributed by atoms with van der Waals surface area (Å²) in [4.78, 5) is 43.1. The maximum Gasteiger partial charge on any atom is 0.261 e.